The van der Waals surface area contributed by atoms with E-state index in [-0.39, 0.29) is 0 Å². The Hall–Kier alpha value is -1.88. The van der Waals surface area contributed by atoms with Crippen molar-refractivity contribution in [2.24, 2.45) is 0 Å². The Bertz CT molecular complexity index is 592. The Morgan fingerprint density at radius 1 is 1.20 bits per heavy atom. The third-order valence-corrected chi connectivity index (χ3v) is 4.00. The van der Waals surface area contributed by atoms with E-state index < -0.39 is 0 Å². The third kappa shape index (κ3) is 2.41. The molecule has 1 aliphatic heterocycles. The van der Waals surface area contributed by atoms with Crippen LogP contribution in [0, 0.1) is 0 Å². The molecule has 0 unspecified atom stereocenters. The summed E-state index contributed by atoms with van der Waals surface area (Å²) in [7, 11) is 4.00. The predicted octanol–water partition coefficient (Wildman–Crippen LogP) is 1.86. The Morgan fingerprint density at radius 3 is 2.70 bits per heavy atom. The zero-order valence-corrected chi connectivity index (χ0v) is 12.1. The van der Waals surface area contributed by atoms with E-state index in [4.69, 9.17) is 4.98 Å². The van der Waals surface area contributed by atoms with E-state index in [9.17, 15) is 0 Å². The molecule has 0 amide bonds. The smallest absolute Gasteiger partial charge is 0.227 e. The van der Waals surface area contributed by atoms with Gasteiger partial charge in [-0.1, -0.05) is 12.1 Å². The van der Waals surface area contributed by atoms with Crippen molar-refractivity contribution in [2.75, 3.05) is 37.4 Å². The van der Waals surface area contributed by atoms with Crippen LogP contribution in [0.4, 0.5) is 11.8 Å². The molecule has 1 fully saturated rings. The zero-order valence-electron chi connectivity index (χ0n) is 12.1. The summed E-state index contributed by atoms with van der Waals surface area (Å²) < 4.78 is 0. The maximum Gasteiger partial charge on any atom is 0.227 e. The molecule has 2 N–H and O–H groups in total. The van der Waals surface area contributed by atoms with Gasteiger partial charge in [0.25, 0.3) is 0 Å². The second-order valence-electron chi connectivity index (χ2n) is 5.23. The fraction of sp³-hybridized carbons (Fsp3) is 0.467. The van der Waals surface area contributed by atoms with Crippen molar-refractivity contribution in [3.8, 4) is 0 Å². The van der Waals surface area contributed by atoms with Crippen molar-refractivity contribution < 1.29 is 0 Å². The van der Waals surface area contributed by atoms with E-state index in [0.717, 1.165) is 48.6 Å². The SMILES string of the molecule is CNc1nc(N(C)C2CCNCC2)nc2ccccc12. The minimum absolute atomic E-state index is 0.516. The van der Waals surface area contributed by atoms with E-state index in [1.54, 1.807) is 0 Å². The summed E-state index contributed by atoms with van der Waals surface area (Å²) in [5.41, 5.74) is 0.989. The fourth-order valence-corrected chi connectivity index (χ4v) is 2.77. The van der Waals surface area contributed by atoms with Crippen LogP contribution in [-0.2, 0) is 0 Å². The average Bonchev–Trinajstić information content (AvgIpc) is 2.54. The number of piperidine rings is 1. The van der Waals surface area contributed by atoms with E-state index in [1.807, 2.05) is 25.2 Å². The summed E-state index contributed by atoms with van der Waals surface area (Å²) in [6, 6.07) is 8.64. The van der Waals surface area contributed by atoms with Crippen LogP contribution in [0.3, 0.4) is 0 Å². The van der Waals surface area contributed by atoms with Crippen molar-refractivity contribution in [2.45, 2.75) is 18.9 Å². The first-order chi connectivity index (χ1) is 9.79. The number of hydrogen-bond donors (Lipinski definition) is 2. The molecule has 5 nitrogen and oxygen atoms in total. The highest BCUT2D eigenvalue weighted by atomic mass is 15.3. The van der Waals surface area contributed by atoms with Gasteiger partial charge in [-0.05, 0) is 38.1 Å². The first-order valence-electron chi connectivity index (χ1n) is 7.17. The first kappa shape index (κ1) is 13.1. The predicted molar refractivity (Wildman–Crippen MR) is 83.4 cm³/mol. The lowest BCUT2D eigenvalue weighted by Crippen LogP contribution is -2.41. The van der Waals surface area contributed by atoms with Crippen LogP contribution in [0.15, 0.2) is 24.3 Å². The van der Waals surface area contributed by atoms with Gasteiger partial charge in [0.2, 0.25) is 5.95 Å². The van der Waals surface area contributed by atoms with Gasteiger partial charge in [0.05, 0.1) is 5.52 Å². The maximum atomic E-state index is 4.71. The van der Waals surface area contributed by atoms with Crippen LogP contribution in [-0.4, -0.2) is 43.2 Å². The van der Waals surface area contributed by atoms with E-state index in [2.05, 4.69) is 33.6 Å². The minimum Gasteiger partial charge on any atom is -0.372 e. The largest absolute Gasteiger partial charge is 0.372 e. The maximum absolute atomic E-state index is 4.71. The molecular weight excluding hydrogens is 250 g/mol. The van der Waals surface area contributed by atoms with Crippen LogP contribution in [0.2, 0.25) is 0 Å². The lowest BCUT2D eigenvalue weighted by Gasteiger charge is -2.31. The van der Waals surface area contributed by atoms with Crippen LogP contribution in [0.1, 0.15) is 12.8 Å². The van der Waals surface area contributed by atoms with Crippen LogP contribution < -0.4 is 15.5 Å². The topological polar surface area (TPSA) is 53.1 Å². The fourth-order valence-electron chi connectivity index (χ4n) is 2.77. The van der Waals surface area contributed by atoms with Crippen LogP contribution >= 0.6 is 0 Å². The summed E-state index contributed by atoms with van der Waals surface area (Å²) >= 11 is 0. The van der Waals surface area contributed by atoms with Gasteiger partial charge >= 0.3 is 0 Å². The molecule has 2 aromatic rings. The molecule has 106 valence electrons. The number of rotatable bonds is 3. The monoisotopic (exact) mass is 271 g/mol. The first-order valence-corrected chi connectivity index (χ1v) is 7.17. The summed E-state index contributed by atoms with van der Waals surface area (Å²) in [5.74, 6) is 1.70. The average molecular weight is 271 g/mol. The summed E-state index contributed by atoms with van der Waals surface area (Å²) in [5, 5.41) is 7.64. The molecule has 0 bridgehead atoms. The minimum atomic E-state index is 0.516. The Labute approximate surface area is 119 Å². The van der Waals surface area contributed by atoms with Crippen molar-refractivity contribution in [1.29, 1.82) is 0 Å². The van der Waals surface area contributed by atoms with Gasteiger partial charge in [0.15, 0.2) is 0 Å². The number of nitrogens with zero attached hydrogens (tertiary/aromatic N) is 3. The molecule has 3 rings (SSSR count). The standard InChI is InChI=1S/C15H21N5/c1-16-14-12-5-3-4-6-13(12)18-15(19-14)20(2)11-7-9-17-10-8-11/h3-6,11,17H,7-10H2,1-2H3,(H,16,18,19). The van der Waals surface area contributed by atoms with Gasteiger partial charge in [-0.3, -0.25) is 0 Å². The molecule has 20 heavy (non-hydrogen) atoms. The van der Waals surface area contributed by atoms with Gasteiger partial charge in [0, 0.05) is 25.5 Å². The molecule has 1 saturated heterocycles. The molecule has 1 aliphatic rings. The molecule has 0 saturated carbocycles. The van der Waals surface area contributed by atoms with E-state index in [1.165, 1.54) is 0 Å². The van der Waals surface area contributed by atoms with Crippen molar-refractivity contribution in [1.82, 2.24) is 15.3 Å². The van der Waals surface area contributed by atoms with Gasteiger partial charge < -0.3 is 15.5 Å². The van der Waals surface area contributed by atoms with E-state index >= 15 is 0 Å². The van der Waals surface area contributed by atoms with Gasteiger partial charge in [-0.2, -0.15) is 4.98 Å². The lowest BCUT2D eigenvalue weighted by atomic mass is 10.1. The number of aromatic nitrogens is 2. The summed E-state index contributed by atoms with van der Waals surface area (Å²) in [6.45, 7) is 2.14. The van der Waals surface area contributed by atoms with E-state index in [0.29, 0.717) is 6.04 Å². The number of nitrogens with one attached hydrogen (secondary N) is 2. The lowest BCUT2D eigenvalue weighted by molar-refractivity contribution is 0.440. The molecule has 0 radical (unpaired) electrons. The number of para-hydroxylation sites is 1. The Balaban J connectivity index is 1.98. The van der Waals surface area contributed by atoms with Gasteiger partial charge in [-0.15, -0.1) is 0 Å². The number of hydrogen-bond acceptors (Lipinski definition) is 5. The zero-order chi connectivity index (χ0) is 13.9. The number of fused-ring (bicyclic) bond motifs is 1. The highest BCUT2D eigenvalue weighted by Crippen LogP contribution is 2.24. The molecule has 1 aromatic carbocycles. The van der Waals surface area contributed by atoms with Crippen LogP contribution in [0.25, 0.3) is 10.9 Å². The number of anilines is 2. The number of benzene rings is 1. The summed E-state index contributed by atoms with van der Waals surface area (Å²) in [4.78, 5) is 11.6. The molecule has 1 aromatic heterocycles. The third-order valence-electron chi connectivity index (χ3n) is 4.00. The van der Waals surface area contributed by atoms with Gasteiger partial charge in [-0.25, -0.2) is 4.98 Å². The van der Waals surface area contributed by atoms with Crippen LogP contribution in [0.5, 0.6) is 0 Å². The van der Waals surface area contributed by atoms with Crippen molar-refractivity contribution in [3.05, 3.63) is 24.3 Å². The molecule has 2 heterocycles. The Morgan fingerprint density at radius 2 is 1.95 bits per heavy atom. The second kappa shape index (κ2) is 5.63. The highest BCUT2D eigenvalue weighted by molar-refractivity contribution is 5.89. The highest BCUT2D eigenvalue weighted by Gasteiger charge is 2.20. The van der Waals surface area contributed by atoms with Crippen molar-refractivity contribution in [3.63, 3.8) is 0 Å². The molecule has 0 aliphatic carbocycles. The normalized spacial score (nSPS) is 16.3. The Kier molecular flexibility index (Phi) is 3.69. The molecule has 0 spiro atoms. The summed E-state index contributed by atoms with van der Waals surface area (Å²) in [6.07, 6.45) is 2.28. The molecule has 5 heteroatoms. The van der Waals surface area contributed by atoms with Gasteiger partial charge in [0.1, 0.15) is 5.82 Å². The molecular formula is C15H21N5. The quantitative estimate of drug-likeness (QED) is 0.892. The van der Waals surface area contributed by atoms with Crippen molar-refractivity contribution >= 4 is 22.7 Å². The molecule has 0 atom stereocenters. The second-order valence-corrected chi connectivity index (χ2v) is 5.23.